The molecule has 0 aromatic carbocycles. The summed E-state index contributed by atoms with van der Waals surface area (Å²) in [6.45, 7) is 11.6. The molecule has 10 atom stereocenters. The van der Waals surface area contributed by atoms with E-state index in [-0.39, 0.29) is 12.1 Å². The first-order valence-electron chi connectivity index (χ1n) is 13.8. The summed E-state index contributed by atoms with van der Waals surface area (Å²) in [7, 11) is 0. The third-order valence-electron chi connectivity index (χ3n) is 11.3. The maximum absolute atomic E-state index is 11.5. The van der Waals surface area contributed by atoms with Crippen LogP contribution < -0.4 is 0 Å². The Hall–Kier alpha value is -0.260. The summed E-state index contributed by atoms with van der Waals surface area (Å²) in [5, 5.41) is 0. The van der Waals surface area contributed by atoms with Gasteiger partial charge in [0.05, 0.1) is 5.76 Å². The Bertz CT molecular complexity index is 807. The maximum atomic E-state index is 11.5. The maximum Gasteiger partial charge on any atom is 0.302 e. The highest BCUT2D eigenvalue weighted by Gasteiger charge is 2.64. The Morgan fingerprint density at radius 1 is 1.12 bits per heavy atom. The van der Waals surface area contributed by atoms with E-state index >= 15 is 0 Å². The zero-order chi connectivity index (χ0) is 23.5. The first kappa shape index (κ1) is 24.4. The number of fused-ring (bicyclic) bond motifs is 7. The van der Waals surface area contributed by atoms with Gasteiger partial charge in [-0.3, -0.25) is 4.79 Å². The van der Waals surface area contributed by atoms with Gasteiger partial charge in [-0.2, -0.15) is 0 Å². The molecule has 0 amide bonds. The second-order valence-corrected chi connectivity index (χ2v) is 13.9. The van der Waals surface area contributed by atoms with Gasteiger partial charge in [0, 0.05) is 23.7 Å². The molecule has 33 heavy (non-hydrogen) atoms. The van der Waals surface area contributed by atoms with Crippen LogP contribution in [0.3, 0.4) is 0 Å². The highest BCUT2D eigenvalue weighted by molar-refractivity contribution is 14.1. The van der Waals surface area contributed by atoms with Crippen molar-refractivity contribution < 1.29 is 14.3 Å². The second-order valence-electron chi connectivity index (χ2n) is 13.0. The number of carbonyl (C=O) groups excluding carboxylic acids is 1. The summed E-state index contributed by atoms with van der Waals surface area (Å²) < 4.78 is 13.6. The smallest absolute Gasteiger partial charge is 0.302 e. The minimum absolute atomic E-state index is 0.102. The SMILES string of the molecule is CC(=O)O[C@H]1CC[C@@]2(C)[C@@H](CC[C@@H]3[C@@H]2CC[C@@]2(C)[C@H]3C[C@@H]3OC(CC[C@@H](C)CI)=C(C)[C@@H]32)C1. The lowest BCUT2D eigenvalue weighted by Crippen LogP contribution is -2.54. The fourth-order valence-corrected chi connectivity index (χ4v) is 10.0. The molecule has 0 N–H and O–H groups in total. The average Bonchev–Trinajstić information content (AvgIpc) is 3.25. The van der Waals surface area contributed by atoms with Crippen LogP contribution in [0.25, 0.3) is 0 Å². The van der Waals surface area contributed by atoms with Crippen molar-refractivity contribution in [1.82, 2.24) is 0 Å². The van der Waals surface area contributed by atoms with E-state index in [1.165, 1.54) is 55.1 Å². The number of halogens is 1. The Kier molecular flexibility index (Phi) is 6.66. The summed E-state index contributed by atoms with van der Waals surface area (Å²) in [5.41, 5.74) is 2.46. The van der Waals surface area contributed by atoms with E-state index in [1.807, 2.05) is 0 Å². The van der Waals surface area contributed by atoms with Crippen LogP contribution >= 0.6 is 22.6 Å². The van der Waals surface area contributed by atoms with Crippen molar-refractivity contribution >= 4 is 28.6 Å². The lowest BCUT2D eigenvalue weighted by atomic mass is 9.44. The number of ether oxygens (including phenoxy) is 2. The Labute approximate surface area is 215 Å². The summed E-state index contributed by atoms with van der Waals surface area (Å²) >= 11 is 2.52. The molecular weight excluding hydrogens is 523 g/mol. The van der Waals surface area contributed by atoms with Crippen molar-refractivity contribution in [3.8, 4) is 0 Å². The van der Waals surface area contributed by atoms with Crippen LogP contribution in [0.4, 0.5) is 0 Å². The molecule has 0 radical (unpaired) electrons. The van der Waals surface area contributed by atoms with Crippen molar-refractivity contribution in [1.29, 1.82) is 0 Å². The predicted molar refractivity (Wildman–Crippen MR) is 141 cm³/mol. The van der Waals surface area contributed by atoms with E-state index in [0.29, 0.717) is 22.9 Å². The molecule has 4 saturated carbocycles. The molecule has 186 valence electrons. The van der Waals surface area contributed by atoms with Crippen molar-refractivity contribution in [2.24, 2.45) is 46.3 Å². The van der Waals surface area contributed by atoms with Crippen molar-refractivity contribution in [2.75, 3.05) is 4.43 Å². The molecule has 4 aliphatic carbocycles. The molecule has 1 aliphatic heterocycles. The zero-order valence-corrected chi connectivity index (χ0v) is 23.7. The largest absolute Gasteiger partial charge is 0.494 e. The molecular formula is C29H45IO3. The van der Waals surface area contributed by atoms with Gasteiger partial charge in [0.2, 0.25) is 0 Å². The number of carbonyl (C=O) groups is 1. The standard InChI is InChI=1S/C29H45IO3/c1-17(16-30)6-9-25-18(2)27-26(33-25)15-24-22-8-7-20-14-21(32-19(3)31)10-12-28(20,4)23(22)11-13-29(24,27)5/h17,20-24,26-27H,6-16H2,1-5H3/t17-,20+,21+,22-,23+,24+,26+,27+,28+,29+/m1/s1. The Morgan fingerprint density at radius 3 is 2.61 bits per heavy atom. The van der Waals surface area contributed by atoms with Crippen molar-refractivity contribution in [3.63, 3.8) is 0 Å². The lowest BCUT2D eigenvalue weighted by molar-refractivity contribution is -0.159. The van der Waals surface area contributed by atoms with E-state index in [9.17, 15) is 4.79 Å². The second kappa shape index (κ2) is 9.00. The number of alkyl halides is 1. The molecule has 4 fully saturated rings. The average molecular weight is 569 g/mol. The van der Waals surface area contributed by atoms with Gasteiger partial charge in [0.15, 0.2) is 0 Å². The topological polar surface area (TPSA) is 35.5 Å². The lowest BCUT2D eigenvalue weighted by Gasteiger charge is -2.61. The summed E-state index contributed by atoms with van der Waals surface area (Å²) in [6.07, 6.45) is 13.1. The van der Waals surface area contributed by atoms with Gasteiger partial charge in [-0.1, -0.05) is 43.4 Å². The Balaban J connectivity index is 1.32. The van der Waals surface area contributed by atoms with Crippen LogP contribution in [-0.4, -0.2) is 22.6 Å². The molecule has 5 rings (SSSR count). The number of esters is 1. The number of hydrogen-bond donors (Lipinski definition) is 0. The van der Waals surface area contributed by atoms with Crippen LogP contribution in [-0.2, 0) is 14.3 Å². The van der Waals surface area contributed by atoms with Crippen LogP contribution in [0, 0.1) is 46.3 Å². The third kappa shape index (κ3) is 4.00. The minimum Gasteiger partial charge on any atom is -0.494 e. The molecule has 0 unspecified atom stereocenters. The number of hydrogen-bond acceptors (Lipinski definition) is 3. The molecule has 0 spiro atoms. The van der Waals surface area contributed by atoms with Gasteiger partial charge < -0.3 is 9.47 Å². The summed E-state index contributed by atoms with van der Waals surface area (Å²) in [5.74, 6) is 5.93. The molecule has 0 aromatic rings. The van der Waals surface area contributed by atoms with Crippen LogP contribution in [0.2, 0.25) is 0 Å². The normalized spacial score (nSPS) is 47.2. The molecule has 0 bridgehead atoms. The Morgan fingerprint density at radius 2 is 1.88 bits per heavy atom. The van der Waals surface area contributed by atoms with E-state index in [2.05, 4.69) is 50.3 Å². The van der Waals surface area contributed by atoms with Crippen molar-refractivity contribution in [2.45, 2.75) is 111 Å². The van der Waals surface area contributed by atoms with E-state index in [0.717, 1.165) is 48.9 Å². The fraction of sp³-hybridized carbons (Fsp3) is 0.897. The van der Waals surface area contributed by atoms with Gasteiger partial charge >= 0.3 is 5.97 Å². The highest BCUT2D eigenvalue weighted by Crippen LogP contribution is 2.69. The fourth-order valence-electron chi connectivity index (χ4n) is 9.60. The molecule has 1 heterocycles. The van der Waals surface area contributed by atoms with Gasteiger partial charge in [-0.05, 0) is 111 Å². The van der Waals surface area contributed by atoms with Crippen LogP contribution in [0.15, 0.2) is 11.3 Å². The summed E-state index contributed by atoms with van der Waals surface area (Å²) in [4.78, 5) is 11.5. The molecule has 3 nitrogen and oxygen atoms in total. The molecule has 4 heteroatoms. The van der Waals surface area contributed by atoms with E-state index in [1.54, 1.807) is 12.5 Å². The van der Waals surface area contributed by atoms with Gasteiger partial charge in [0.25, 0.3) is 0 Å². The number of allylic oxidation sites excluding steroid dienone is 1. The summed E-state index contributed by atoms with van der Waals surface area (Å²) in [6, 6.07) is 0. The van der Waals surface area contributed by atoms with Crippen LogP contribution in [0.5, 0.6) is 0 Å². The van der Waals surface area contributed by atoms with Gasteiger partial charge in [0.1, 0.15) is 12.2 Å². The van der Waals surface area contributed by atoms with Crippen molar-refractivity contribution in [3.05, 3.63) is 11.3 Å². The van der Waals surface area contributed by atoms with Gasteiger partial charge in [-0.25, -0.2) is 0 Å². The third-order valence-corrected chi connectivity index (χ3v) is 12.8. The van der Waals surface area contributed by atoms with E-state index < -0.39 is 0 Å². The van der Waals surface area contributed by atoms with E-state index in [4.69, 9.17) is 9.47 Å². The predicted octanol–water partition coefficient (Wildman–Crippen LogP) is 7.71. The first-order chi connectivity index (χ1) is 15.7. The monoisotopic (exact) mass is 568 g/mol. The first-order valence-corrected chi connectivity index (χ1v) is 15.3. The highest BCUT2D eigenvalue weighted by atomic mass is 127. The molecule has 0 saturated heterocycles. The quantitative estimate of drug-likeness (QED) is 0.194. The minimum atomic E-state index is -0.102. The number of rotatable bonds is 5. The molecule has 5 aliphatic rings. The van der Waals surface area contributed by atoms with Crippen LogP contribution in [0.1, 0.15) is 98.8 Å². The zero-order valence-electron chi connectivity index (χ0n) is 21.5. The van der Waals surface area contributed by atoms with Gasteiger partial charge in [-0.15, -0.1) is 0 Å². The molecule has 0 aromatic heterocycles.